The first-order valence-corrected chi connectivity index (χ1v) is 5.42. The molecule has 0 amide bonds. The summed E-state index contributed by atoms with van der Waals surface area (Å²) in [5, 5.41) is 12.3. The lowest BCUT2D eigenvalue weighted by Crippen LogP contribution is -2.09. The molecule has 16 heavy (non-hydrogen) atoms. The fraction of sp³-hybridized carbons (Fsp3) is 0. The van der Waals surface area contributed by atoms with E-state index < -0.39 is 0 Å². The summed E-state index contributed by atoms with van der Waals surface area (Å²) in [6.07, 6.45) is 0. The molecule has 1 N–H and O–H groups in total. The minimum absolute atomic E-state index is 0.633. The summed E-state index contributed by atoms with van der Waals surface area (Å²) in [7, 11) is 0. The summed E-state index contributed by atoms with van der Waals surface area (Å²) in [6, 6.07) is 13.8. The van der Waals surface area contributed by atoms with Crippen LogP contribution in [-0.4, -0.2) is 5.21 Å². The van der Waals surface area contributed by atoms with Crippen molar-refractivity contribution in [3.63, 3.8) is 0 Å². The van der Waals surface area contributed by atoms with Crippen molar-refractivity contribution in [3.05, 3.63) is 58.6 Å². The Labute approximate surface area is 104 Å². The van der Waals surface area contributed by atoms with Crippen LogP contribution in [0.5, 0.6) is 0 Å². The van der Waals surface area contributed by atoms with E-state index in [-0.39, 0.29) is 0 Å². The molecule has 2 aromatic rings. The minimum atomic E-state index is 0.633. The van der Waals surface area contributed by atoms with Crippen LogP contribution < -0.4 is 5.06 Å². The number of hydrogen-bond donors (Lipinski definition) is 1. The van der Waals surface area contributed by atoms with Crippen LogP contribution in [0.1, 0.15) is 0 Å². The maximum Gasteiger partial charge on any atom is 0.0694 e. The zero-order chi connectivity index (χ0) is 11.5. The van der Waals surface area contributed by atoms with Crippen molar-refractivity contribution in [1.82, 2.24) is 0 Å². The number of benzene rings is 2. The van der Waals surface area contributed by atoms with E-state index in [2.05, 4.69) is 0 Å². The van der Waals surface area contributed by atoms with Crippen molar-refractivity contribution in [2.45, 2.75) is 0 Å². The van der Waals surface area contributed by atoms with Gasteiger partial charge in [0.25, 0.3) is 0 Å². The molecule has 0 aliphatic rings. The van der Waals surface area contributed by atoms with Crippen LogP contribution in [-0.2, 0) is 0 Å². The monoisotopic (exact) mass is 253 g/mol. The lowest BCUT2D eigenvalue weighted by Gasteiger charge is -2.16. The van der Waals surface area contributed by atoms with E-state index >= 15 is 0 Å². The van der Waals surface area contributed by atoms with E-state index in [1.807, 2.05) is 0 Å². The Kier molecular flexibility index (Phi) is 3.34. The fourth-order valence-electron chi connectivity index (χ4n) is 1.31. The van der Waals surface area contributed by atoms with Crippen LogP contribution in [0.4, 0.5) is 11.4 Å². The quantitative estimate of drug-likeness (QED) is 0.796. The molecular weight excluding hydrogens is 245 g/mol. The van der Waals surface area contributed by atoms with Crippen molar-refractivity contribution in [2.24, 2.45) is 0 Å². The van der Waals surface area contributed by atoms with Gasteiger partial charge in [0.05, 0.1) is 11.4 Å². The van der Waals surface area contributed by atoms with E-state index in [4.69, 9.17) is 23.2 Å². The Bertz CT molecular complexity index is 422. The number of nitrogens with zero attached hydrogens (tertiary/aromatic N) is 1. The van der Waals surface area contributed by atoms with Crippen molar-refractivity contribution < 1.29 is 5.21 Å². The van der Waals surface area contributed by atoms with E-state index in [1.165, 1.54) is 0 Å². The number of anilines is 2. The zero-order valence-electron chi connectivity index (χ0n) is 8.27. The van der Waals surface area contributed by atoms with E-state index in [0.29, 0.717) is 21.4 Å². The lowest BCUT2D eigenvalue weighted by atomic mass is 10.2. The molecule has 4 heteroatoms. The number of halogens is 2. The molecule has 2 nitrogen and oxygen atoms in total. The molecule has 0 aliphatic carbocycles. The number of hydrogen-bond acceptors (Lipinski definition) is 2. The van der Waals surface area contributed by atoms with Gasteiger partial charge in [-0.05, 0) is 48.5 Å². The maximum atomic E-state index is 9.92. The van der Waals surface area contributed by atoms with Gasteiger partial charge in [0.15, 0.2) is 0 Å². The summed E-state index contributed by atoms with van der Waals surface area (Å²) in [4.78, 5) is 0. The Morgan fingerprint density at radius 2 is 1.00 bits per heavy atom. The van der Waals surface area contributed by atoms with Crippen molar-refractivity contribution in [2.75, 3.05) is 5.06 Å². The third-order valence-electron chi connectivity index (χ3n) is 2.14. The van der Waals surface area contributed by atoms with Crippen molar-refractivity contribution in [3.8, 4) is 0 Å². The molecule has 2 rings (SSSR count). The lowest BCUT2D eigenvalue weighted by molar-refractivity contribution is 0.301. The topological polar surface area (TPSA) is 23.5 Å². The van der Waals surface area contributed by atoms with Crippen LogP contribution in [0.2, 0.25) is 10.0 Å². The second-order valence-corrected chi connectivity index (χ2v) is 4.14. The highest BCUT2D eigenvalue weighted by molar-refractivity contribution is 6.30. The molecule has 0 radical (unpaired) electrons. The standard InChI is InChI=1S/C12H9Cl2NO/c13-9-1-5-11(6-2-9)15(16)12-7-3-10(14)4-8-12/h1-8,16H. The van der Waals surface area contributed by atoms with E-state index in [1.54, 1.807) is 48.5 Å². The third-order valence-corrected chi connectivity index (χ3v) is 2.65. The Balaban J connectivity index is 2.28. The smallest absolute Gasteiger partial charge is 0.0694 e. The summed E-state index contributed by atoms with van der Waals surface area (Å²) in [5.74, 6) is 0. The van der Waals surface area contributed by atoms with Crippen LogP contribution >= 0.6 is 23.2 Å². The largest absolute Gasteiger partial charge is 0.284 e. The van der Waals surface area contributed by atoms with Gasteiger partial charge in [-0.3, -0.25) is 5.21 Å². The van der Waals surface area contributed by atoms with Gasteiger partial charge >= 0.3 is 0 Å². The first-order chi connectivity index (χ1) is 7.66. The van der Waals surface area contributed by atoms with Crippen molar-refractivity contribution >= 4 is 34.6 Å². The van der Waals surface area contributed by atoms with Crippen LogP contribution in [0.3, 0.4) is 0 Å². The molecule has 0 spiro atoms. The van der Waals surface area contributed by atoms with E-state index in [0.717, 1.165) is 5.06 Å². The van der Waals surface area contributed by atoms with E-state index in [9.17, 15) is 5.21 Å². The predicted molar refractivity (Wildman–Crippen MR) is 66.8 cm³/mol. The molecule has 0 heterocycles. The highest BCUT2D eigenvalue weighted by atomic mass is 35.5. The van der Waals surface area contributed by atoms with Gasteiger partial charge in [-0.2, -0.15) is 0 Å². The average Bonchev–Trinajstić information content (AvgIpc) is 2.30. The van der Waals surface area contributed by atoms with Crippen LogP contribution in [0.15, 0.2) is 48.5 Å². The highest BCUT2D eigenvalue weighted by Gasteiger charge is 2.05. The molecule has 0 fully saturated rings. The van der Waals surface area contributed by atoms with Gasteiger partial charge in [0.2, 0.25) is 0 Å². The molecule has 0 saturated carbocycles. The molecule has 2 aromatic carbocycles. The van der Waals surface area contributed by atoms with Gasteiger partial charge in [0.1, 0.15) is 0 Å². The molecule has 0 atom stereocenters. The summed E-state index contributed by atoms with van der Waals surface area (Å²) in [5.41, 5.74) is 1.29. The minimum Gasteiger partial charge on any atom is -0.284 e. The van der Waals surface area contributed by atoms with Gasteiger partial charge in [0, 0.05) is 10.0 Å². The van der Waals surface area contributed by atoms with Gasteiger partial charge < -0.3 is 0 Å². The van der Waals surface area contributed by atoms with Gasteiger partial charge in [-0.15, -0.1) is 0 Å². The molecule has 0 saturated heterocycles. The molecular formula is C12H9Cl2NO. The average molecular weight is 254 g/mol. The molecule has 0 bridgehead atoms. The molecule has 0 aromatic heterocycles. The Morgan fingerprint density at radius 3 is 1.31 bits per heavy atom. The fourth-order valence-corrected chi connectivity index (χ4v) is 1.57. The summed E-state index contributed by atoms with van der Waals surface area (Å²) < 4.78 is 0. The molecule has 0 aliphatic heterocycles. The SMILES string of the molecule is ON(c1ccc(Cl)cc1)c1ccc(Cl)cc1. The second-order valence-electron chi connectivity index (χ2n) is 3.26. The Morgan fingerprint density at radius 1 is 0.688 bits per heavy atom. The maximum absolute atomic E-state index is 9.92. The summed E-state index contributed by atoms with van der Waals surface area (Å²) >= 11 is 11.5. The van der Waals surface area contributed by atoms with Crippen LogP contribution in [0.25, 0.3) is 0 Å². The van der Waals surface area contributed by atoms with Gasteiger partial charge in [-0.1, -0.05) is 23.2 Å². The molecule has 0 unspecified atom stereocenters. The highest BCUT2D eigenvalue weighted by Crippen LogP contribution is 2.25. The molecule has 82 valence electrons. The second kappa shape index (κ2) is 4.74. The zero-order valence-corrected chi connectivity index (χ0v) is 9.78. The summed E-state index contributed by atoms with van der Waals surface area (Å²) in [6.45, 7) is 0. The third kappa shape index (κ3) is 2.47. The van der Waals surface area contributed by atoms with Crippen LogP contribution in [0, 0.1) is 0 Å². The Hall–Kier alpha value is -1.22. The first-order valence-electron chi connectivity index (χ1n) is 4.67. The first kappa shape index (κ1) is 11.3. The van der Waals surface area contributed by atoms with Gasteiger partial charge in [-0.25, -0.2) is 5.06 Å². The van der Waals surface area contributed by atoms with Crippen molar-refractivity contribution in [1.29, 1.82) is 0 Å². The predicted octanol–water partition coefficient (Wildman–Crippen LogP) is 4.52. The normalized spacial score (nSPS) is 10.2. The number of rotatable bonds is 2.